The molecule has 1 atom stereocenters. The van der Waals surface area contributed by atoms with Crippen LogP contribution in [0.2, 0.25) is 0 Å². The molecule has 1 heterocycles. The summed E-state index contributed by atoms with van der Waals surface area (Å²) in [6.07, 6.45) is 4.41. The Morgan fingerprint density at radius 3 is 2.61 bits per heavy atom. The molecule has 7 heteroatoms. The lowest BCUT2D eigenvalue weighted by Gasteiger charge is -2.30. The Hall–Kier alpha value is -0.460. The summed E-state index contributed by atoms with van der Waals surface area (Å²) in [6.45, 7) is 6.20. The molecule has 0 fully saturated rings. The number of hydrogen-bond donors (Lipinski definition) is 1. The molecule has 0 aliphatic rings. The van der Waals surface area contributed by atoms with Crippen molar-refractivity contribution in [1.29, 1.82) is 0 Å². The summed E-state index contributed by atoms with van der Waals surface area (Å²) in [5.74, 6) is 0. The summed E-state index contributed by atoms with van der Waals surface area (Å²) in [6, 6.07) is 0. The first kappa shape index (κ1) is 15.6. The van der Waals surface area contributed by atoms with Crippen LogP contribution in [0.5, 0.6) is 0 Å². The third-order valence-electron chi connectivity index (χ3n) is 3.34. The van der Waals surface area contributed by atoms with Crippen molar-refractivity contribution in [3.05, 3.63) is 27.0 Å². The molecule has 1 rings (SSSR count). The Morgan fingerprint density at radius 2 is 2.11 bits per heavy atom. The van der Waals surface area contributed by atoms with Crippen LogP contribution < -0.4 is 16.7 Å². The van der Waals surface area contributed by atoms with Gasteiger partial charge in [0.2, 0.25) is 5.56 Å². The van der Waals surface area contributed by atoms with Gasteiger partial charge in [-0.3, -0.25) is 14.3 Å². The first-order chi connectivity index (χ1) is 8.48. The highest BCUT2D eigenvalue weighted by Crippen LogP contribution is 2.23. The lowest BCUT2D eigenvalue weighted by Crippen LogP contribution is -2.48. The number of rotatable bonds is 6. The number of H-pyrrole nitrogens is 1. The van der Waals surface area contributed by atoms with E-state index in [1.807, 2.05) is 6.92 Å². The monoisotopic (exact) mass is 358 g/mol. The fourth-order valence-electron chi connectivity index (χ4n) is 2.08. The molecule has 0 aliphatic carbocycles. The molecule has 0 aliphatic heterocycles. The molecule has 2 radical (unpaired) electrons. The van der Waals surface area contributed by atoms with E-state index in [-0.39, 0.29) is 16.8 Å². The van der Waals surface area contributed by atoms with Gasteiger partial charge in [-0.15, -0.1) is 0 Å². The van der Waals surface area contributed by atoms with E-state index in [9.17, 15) is 9.59 Å². The normalized spacial score (nSPS) is 14.0. The predicted molar refractivity (Wildman–Crippen MR) is 85.3 cm³/mol. The highest BCUT2D eigenvalue weighted by atomic mass is 127. The fourth-order valence-corrected chi connectivity index (χ4v) is 2.47. The van der Waals surface area contributed by atoms with Crippen LogP contribution in [0.4, 0.5) is 0 Å². The summed E-state index contributed by atoms with van der Waals surface area (Å²) >= 11 is 2.05. The SMILES string of the molecule is CCCC(C)(CC)n1cc([B][B]I)c(=O)[nH]c1=O. The van der Waals surface area contributed by atoms with Crippen molar-refractivity contribution in [2.75, 3.05) is 0 Å². The maximum absolute atomic E-state index is 12.0. The van der Waals surface area contributed by atoms with E-state index < -0.39 is 0 Å². The van der Waals surface area contributed by atoms with Crippen molar-refractivity contribution in [2.45, 2.75) is 45.6 Å². The molecule has 0 aromatic carbocycles. The summed E-state index contributed by atoms with van der Waals surface area (Å²) in [5.41, 5.74) is -0.397. The molecular weight excluding hydrogens is 341 g/mol. The minimum Gasteiger partial charge on any atom is -0.295 e. The van der Waals surface area contributed by atoms with Gasteiger partial charge in [0.1, 0.15) is 7.17 Å². The van der Waals surface area contributed by atoms with E-state index in [1.165, 1.54) is 0 Å². The van der Waals surface area contributed by atoms with Crippen LogP contribution in [0.25, 0.3) is 0 Å². The van der Waals surface area contributed by atoms with Crippen molar-refractivity contribution in [1.82, 2.24) is 9.55 Å². The van der Waals surface area contributed by atoms with Gasteiger partial charge in [-0.25, -0.2) is 4.79 Å². The Bertz CT molecular complexity index is 515. The van der Waals surface area contributed by atoms with E-state index in [2.05, 4.69) is 41.2 Å². The molecule has 0 saturated carbocycles. The molecule has 1 unspecified atom stereocenters. The van der Waals surface area contributed by atoms with Gasteiger partial charge in [-0.1, -0.05) is 20.3 Å². The van der Waals surface area contributed by atoms with Crippen molar-refractivity contribution in [3.8, 4) is 0 Å². The van der Waals surface area contributed by atoms with Gasteiger partial charge in [0.05, 0.1) is 0 Å². The van der Waals surface area contributed by atoms with Gasteiger partial charge in [0.25, 0.3) is 0 Å². The molecule has 1 N–H and O–H groups in total. The van der Waals surface area contributed by atoms with E-state index in [0.29, 0.717) is 5.46 Å². The second-order valence-electron chi connectivity index (χ2n) is 4.61. The minimum absolute atomic E-state index is 0.246. The fraction of sp³-hybridized carbons (Fsp3) is 0.636. The van der Waals surface area contributed by atoms with E-state index in [1.54, 1.807) is 23.0 Å². The molecular formula is C11H17B2IN2O2. The van der Waals surface area contributed by atoms with Crippen molar-refractivity contribution in [2.24, 2.45) is 0 Å². The van der Waals surface area contributed by atoms with E-state index >= 15 is 0 Å². The van der Waals surface area contributed by atoms with Gasteiger partial charge in [-0.05, 0) is 25.2 Å². The van der Waals surface area contributed by atoms with E-state index in [4.69, 9.17) is 0 Å². The summed E-state index contributed by atoms with van der Waals surface area (Å²) < 4.78 is 1.66. The van der Waals surface area contributed by atoms with Crippen LogP contribution in [0.15, 0.2) is 15.8 Å². The zero-order chi connectivity index (χ0) is 13.8. The van der Waals surface area contributed by atoms with Crippen molar-refractivity contribution < 1.29 is 0 Å². The lowest BCUT2D eigenvalue weighted by molar-refractivity contribution is 0.267. The van der Waals surface area contributed by atoms with Crippen LogP contribution in [-0.2, 0) is 5.54 Å². The van der Waals surface area contributed by atoms with Gasteiger partial charge in [0.15, 0.2) is 5.03 Å². The average molecular weight is 358 g/mol. The van der Waals surface area contributed by atoms with Gasteiger partial charge >= 0.3 is 5.69 Å². The number of nitrogens with one attached hydrogen (secondary N) is 1. The quantitative estimate of drug-likeness (QED) is 0.603. The van der Waals surface area contributed by atoms with Crippen LogP contribution >= 0.6 is 22.4 Å². The number of aromatic nitrogens is 2. The largest absolute Gasteiger partial charge is 0.328 e. The number of aromatic amines is 1. The maximum Gasteiger partial charge on any atom is 0.328 e. The second-order valence-corrected chi connectivity index (χ2v) is 5.33. The molecule has 1 aromatic rings. The summed E-state index contributed by atoms with van der Waals surface area (Å²) in [4.78, 5) is 26.0. The molecule has 1 aromatic heterocycles. The average Bonchev–Trinajstić information content (AvgIpc) is 2.33. The van der Waals surface area contributed by atoms with E-state index in [0.717, 1.165) is 19.3 Å². The Labute approximate surface area is 122 Å². The van der Waals surface area contributed by atoms with Crippen molar-refractivity contribution >= 4 is 40.0 Å². The molecule has 18 heavy (non-hydrogen) atoms. The maximum atomic E-state index is 12.0. The molecule has 0 spiro atoms. The first-order valence-electron chi connectivity index (χ1n) is 6.11. The second kappa shape index (κ2) is 6.63. The molecule has 96 valence electrons. The van der Waals surface area contributed by atoms with Crippen LogP contribution in [0.1, 0.15) is 40.0 Å². The molecule has 0 saturated heterocycles. The zero-order valence-corrected chi connectivity index (χ0v) is 13.2. The Balaban J connectivity index is 3.35. The number of halogens is 1. The smallest absolute Gasteiger partial charge is 0.295 e. The summed E-state index contributed by atoms with van der Waals surface area (Å²) in [7, 11) is 1.71. The third kappa shape index (κ3) is 3.30. The highest BCUT2D eigenvalue weighted by molar-refractivity contribution is 14.1. The van der Waals surface area contributed by atoms with Gasteiger partial charge < -0.3 is 0 Å². The predicted octanol–water partition coefficient (Wildman–Crippen LogP) is 0.761. The van der Waals surface area contributed by atoms with Crippen LogP contribution in [0.3, 0.4) is 0 Å². The Kier molecular flexibility index (Phi) is 5.75. The van der Waals surface area contributed by atoms with Gasteiger partial charge in [-0.2, -0.15) is 22.4 Å². The number of nitrogens with zero attached hydrogens (tertiary/aromatic N) is 1. The standard InChI is InChI=1S/C11H17B2IN2O2/c1-4-6-11(3,5-2)16-7-8(12-13-14)9(17)15-10(16)18/h7H,4-6H2,1-3H3,(H,15,17,18). The lowest BCUT2D eigenvalue weighted by atomic mass is 9.51. The zero-order valence-electron chi connectivity index (χ0n) is 11.0. The van der Waals surface area contributed by atoms with Gasteiger partial charge in [0, 0.05) is 11.7 Å². The van der Waals surface area contributed by atoms with Crippen LogP contribution in [-0.4, -0.2) is 21.7 Å². The molecule has 0 bridgehead atoms. The number of hydrogen-bond acceptors (Lipinski definition) is 2. The highest BCUT2D eigenvalue weighted by Gasteiger charge is 2.25. The summed E-state index contributed by atoms with van der Waals surface area (Å²) in [5, 5.41) is 1.76. The third-order valence-corrected chi connectivity index (χ3v) is 3.70. The van der Waals surface area contributed by atoms with Crippen LogP contribution in [0, 0.1) is 0 Å². The topological polar surface area (TPSA) is 54.9 Å². The molecule has 4 nitrogen and oxygen atoms in total. The molecule has 0 amide bonds. The Morgan fingerprint density at radius 1 is 1.44 bits per heavy atom. The first-order valence-corrected chi connectivity index (χ1v) is 7.36. The minimum atomic E-state index is -0.334. The van der Waals surface area contributed by atoms with Crippen molar-refractivity contribution in [3.63, 3.8) is 0 Å².